The smallest absolute Gasteiger partial charge is 0.0965 e. The summed E-state index contributed by atoms with van der Waals surface area (Å²) < 4.78 is 5.17. The van der Waals surface area contributed by atoms with Crippen molar-refractivity contribution in [2.75, 3.05) is 19.9 Å². The molecule has 0 saturated carbocycles. The third-order valence-corrected chi connectivity index (χ3v) is 1.30. The summed E-state index contributed by atoms with van der Waals surface area (Å²) in [5.41, 5.74) is 0.345. The minimum absolute atomic E-state index is 0.345. The second-order valence-corrected chi connectivity index (χ2v) is 3.08. The van der Waals surface area contributed by atoms with E-state index in [4.69, 9.17) is 4.74 Å². The molecular weight excluding hydrogens is 102 g/mol. The van der Waals surface area contributed by atoms with Gasteiger partial charge in [-0.3, -0.25) is 5.32 Å². The lowest BCUT2D eigenvalue weighted by Crippen LogP contribution is -2.40. The summed E-state index contributed by atoms with van der Waals surface area (Å²) in [5, 5.41) is 3.15. The second-order valence-electron chi connectivity index (χ2n) is 3.08. The summed E-state index contributed by atoms with van der Waals surface area (Å²) >= 11 is 0. The van der Waals surface area contributed by atoms with Gasteiger partial charge in [-0.2, -0.15) is 0 Å². The Morgan fingerprint density at radius 1 is 1.50 bits per heavy atom. The molecule has 0 aromatic rings. The van der Waals surface area contributed by atoms with Crippen LogP contribution in [0.1, 0.15) is 13.8 Å². The third-order valence-electron chi connectivity index (χ3n) is 1.30. The predicted octanol–water partition coefficient (Wildman–Crippen LogP) is 0.590. The van der Waals surface area contributed by atoms with E-state index in [9.17, 15) is 0 Å². The molecule has 0 radical (unpaired) electrons. The van der Waals surface area contributed by atoms with Gasteiger partial charge < -0.3 is 4.74 Å². The quantitative estimate of drug-likeness (QED) is 0.499. The van der Waals surface area contributed by atoms with Gasteiger partial charge in [-0.05, 0) is 0 Å². The molecule has 1 fully saturated rings. The Hall–Kier alpha value is -0.0800. The summed E-state index contributed by atoms with van der Waals surface area (Å²) in [5.74, 6) is 0. The van der Waals surface area contributed by atoms with Crippen molar-refractivity contribution in [1.29, 1.82) is 0 Å². The highest BCUT2D eigenvalue weighted by atomic mass is 16.5. The zero-order valence-corrected chi connectivity index (χ0v) is 5.53. The molecule has 0 unspecified atom stereocenters. The fraction of sp³-hybridized carbons (Fsp3) is 1.00. The lowest BCUT2D eigenvalue weighted by atomic mass is 9.94. The molecule has 0 atom stereocenters. The summed E-state index contributed by atoms with van der Waals surface area (Å²) in [6.07, 6.45) is 0. The molecule has 0 aromatic heterocycles. The van der Waals surface area contributed by atoms with Crippen molar-refractivity contribution in [2.45, 2.75) is 13.8 Å². The summed E-state index contributed by atoms with van der Waals surface area (Å²) in [6.45, 7) is 7.08. The van der Waals surface area contributed by atoms with Gasteiger partial charge in [0, 0.05) is 12.0 Å². The van der Waals surface area contributed by atoms with Gasteiger partial charge in [0.05, 0.1) is 13.3 Å². The van der Waals surface area contributed by atoms with Gasteiger partial charge in [0.15, 0.2) is 0 Å². The molecule has 0 spiro atoms. The van der Waals surface area contributed by atoms with Gasteiger partial charge >= 0.3 is 0 Å². The third kappa shape index (κ3) is 1.46. The predicted molar refractivity (Wildman–Crippen MR) is 32.6 cm³/mol. The first-order valence-corrected chi connectivity index (χ1v) is 2.99. The van der Waals surface area contributed by atoms with Gasteiger partial charge in [-0.25, -0.2) is 0 Å². The van der Waals surface area contributed by atoms with Crippen molar-refractivity contribution in [1.82, 2.24) is 5.32 Å². The van der Waals surface area contributed by atoms with Crippen LogP contribution in [0.25, 0.3) is 0 Å². The van der Waals surface area contributed by atoms with Crippen LogP contribution in [-0.2, 0) is 4.74 Å². The molecule has 1 aliphatic heterocycles. The van der Waals surface area contributed by atoms with Crippen molar-refractivity contribution >= 4 is 0 Å². The van der Waals surface area contributed by atoms with E-state index in [1.54, 1.807) is 0 Å². The van der Waals surface area contributed by atoms with Crippen molar-refractivity contribution < 1.29 is 4.74 Å². The molecule has 0 aromatic carbocycles. The Labute approximate surface area is 50.2 Å². The molecule has 1 saturated heterocycles. The first-order chi connectivity index (χ1) is 3.71. The van der Waals surface area contributed by atoms with Crippen molar-refractivity contribution in [2.24, 2.45) is 5.41 Å². The van der Waals surface area contributed by atoms with E-state index in [1.807, 2.05) is 0 Å². The maximum absolute atomic E-state index is 5.17. The molecule has 0 bridgehead atoms. The highest BCUT2D eigenvalue weighted by molar-refractivity contribution is 4.72. The fourth-order valence-corrected chi connectivity index (χ4v) is 0.840. The molecular formula is C6H13NO. The zero-order chi connectivity index (χ0) is 6.04. The van der Waals surface area contributed by atoms with E-state index in [0.717, 1.165) is 19.9 Å². The van der Waals surface area contributed by atoms with Crippen LogP contribution in [0.3, 0.4) is 0 Å². The van der Waals surface area contributed by atoms with Gasteiger partial charge in [-0.1, -0.05) is 13.8 Å². The van der Waals surface area contributed by atoms with E-state index >= 15 is 0 Å². The topological polar surface area (TPSA) is 21.3 Å². The normalized spacial score (nSPS) is 27.8. The maximum Gasteiger partial charge on any atom is 0.0965 e. The molecule has 0 amide bonds. The lowest BCUT2D eigenvalue weighted by molar-refractivity contribution is 0.00721. The first kappa shape index (κ1) is 6.05. The standard InChI is InChI=1S/C6H13NO/c1-6(2)3-7-5-8-4-6/h7H,3-5H2,1-2H3. The molecule has 1 heterocycles. The molecule has 1 rings (SSSR count). The number of rotatable bonds is 0. The van der Waals surface area contributed by atoms with Crippen LogP contribution < -0.4 is 5.32 Å². The Kier molecular flexibility index (Phi) is 1.54. The molecule has 2 heteroatoms. The summed E-state index contributed by atoms with van der Waals surface area (Å²) in [7, 11) is 0. The maximum atomic E-state index is 5.17. The second kappa shape index (κ2) is 2.03. The van der Waals surface area contributed by atoms with Crippen LogP contribution in [0.5, 0.6) is 0 Å². The van der Waals surface area contributed by atoms with E-state index in [2.05, 4.69) is 19.2 Å². The van der Waals surface area contributed by atoms with Crippen LogP contribution in [0.4, 0.5) is 0 Å². The number of nitrogens with one attached hydrogen (secondary N) is 1. The van der Waals surface area contributed by atoms with Crippen LogP contribution in [0.2, 0.25) is 0 Å². The monoisotopic (exact) mass is 115 g/mol. The van der Waals surface area contributed by atoms with Crippen molar-refractivity contribution in [3.05, 3.63) is 0 Å². The van der Waals surface area contributed by atoms with Crippen molar-refractivity contribution in [3.63, 3.8) is 0 Å². The minimum atomic E-state index is 0.345. The van der Waals surface area contributed by atoms with Crippen LogP contribution in [0, 0.1) is 5.41 Å². The summed E-state index contributed by atoms with van der Waals surface area (Å²) in [4.78, 5) is 0. The van der Waals surface area contributed by atoms with E-state index < -0.39 is 0 Å². The van der Waals surface area contributed by atoms with Crippen LogP contribution in [-0.4, -0.2) is 19.9 Å². The molecule has 1 aliphatic rings. The molecule has 0 aliphatic carbocycles. The van der Waals surface area contributed by atoms with Crippen LogP contribution in [0.15, 0.2) is 0 Å². The zero-order valence-electron chi connectivity index (χ0n) is 5.53. The fourth-order valence-electron chi connectivity index (χ4n) is 0.840. The van der Waals surface area contributed by atoms with Gasteiger partial charge in [-0.15, -0.1) is 0 Å². The van der Waals surface area contributed by atoms with Gasteiger partial charge in [0.2, 0.25) is 0 Å². The largest absolute Gasteiger partial charge is 0.366 e. The Bertz CT molecular complexity index is 72.6. The van der Waals surface area contributed by atoms with E-state index in [0.29, 0.717) is 5.41 Å². The molecule has 1 N–H and O–H groups in total. The minimum Gasteiger partial charge on any atom is -0.366 e. The summed E-state index contributed by atoms with van der Waals surface area (Å²) in [6, 6.07) is 0. The van der Waals surface area contributed by atoms with Crippen LogP contribution >= 0.6 is 0 Å². The highest BCUT2D eigenvalue weighted by Crippen LogP contribution is 2.15. The lowest BCUT2D eigenvalue weighted by Gasteiger charge is -2.29. The molecule has 2 nitrogen and oxygen atoms in total. The van der Waals surface area contributed by atoms with Crippen molar-refractivity contribution in [3.8, 4) is 0 Å². The number of hydrogen-bond acceptors (Lipinski definition) is 2. The highest BCUT2D eigenvalue weighted by Gasteiger charge is 2.20. The van der Waals surface area contributed by atoms with E-state index in [-0.39, 0.29) is 0 Å². The van der Waals surface area contributed by atoms with E-state index in [1.165, 1.54) is 0 Å². The molecule has 8 heavy (non-hydrogen) atoms. The average molecular weight is 115 g/mol. The van der Waals surface area contributed by atoms with Gasteiger partial charge in [0.25, 0.3) is 0 Å². The Morgan fingerprint density at radius 2 is 2.25 bits per heavy atom. The Morgan fingerprint density at radius 3 is 2.50 bits per heavy atom. The molecule has 48 valence electrons. The SMILES string of the molecule is CC1(C)CNCOC1. The first-order valence-electron chi connectivity index (χ1n) is 2.99. The average Bonchev–Trinajstić information content (AvgIpc) is 1.65. The van der Waals surface area contributed by atoms with Gasteiger partial charge in [0.1, 0.15) is 0 Å². The number of ether oxygens (including phenoxy) is 1. The number of hydrogen-bond donors (Lipinski definition) is 1. The Balaban J connectivity index is 2.33.